The molecule has 1 aromatic carbocycles. The van der Waals surface area contributed by atoms with E-state index in [0.717, 1.165) is 24.9 Å². The van der Waals surface area contributed by atoms with Gasteiger partial charge in [0.05, 0.1) is 0 Å². The quantitative estimate of drug-likeness (QED) is 0.363. The minimum atomic E-state index is -0.786. The summed E-state index contributed by atoms with van der Waals surface area (Å²) in [5.41, 5.74) is 7.23. The van der Waals surface area contributed by atoms with Gasteiger partial charge < -0.3 is 24.8 Å². The van der Waals surface area contributed by atoms with Crippen LogP contribution in [0.15, 0.2) is 24.3 Å². The molecule has 0 radical (unpaired) electrons. The number of benzene rings is 1. The molecule has 4 N–H and O–H groups in total. The highest BCUT2D eigenvalue weighted by Crippen LogP contribution is 2.62. The van der Waals surface area contributed by atoms with Crippen molar-refractivity contribution in [2.24, 2.45) is 11.8 Å². The molecular formula is C27H38N4O5. The number of piperidine rings is 1. The van der Waals surface area contributed by atoms with E-state index in [1.54, 1.807) is 6.07 Å². The van der Waals surface area contributed by atoms with Gasteiger partial charge in [-0.05, 0) is 64.8 Å². The van der Waals surface area contributed by atoms with Crippen molar-refractivity contribution in [3.05, 3.63) is 35.4 Å². The predicted octanol–water partition coefficient (Wildman–Crippen LogP) is 2.02. The molecule has 1 aromatic rings. The number of hydrogen-bond acceptors (Lipinski definition) is 7. The molecule has 2 amide bonds. The first-order valence-electron chi connectivity index (χ1n) is 12.9. The van der Waals surface area contributed by atoms with Crippen LogP contribution in [-0.2, 0) is 16.6 Å². The van der Waals surface area contributed by atoms with Crippen LogP contribution >= 0.6 is 0 Å². The number of aliphatic hydroxyl groups excluding tert-OH is 1. The molecule has 36 heavy (non-hydrogen) atoms. The van der Waals surface area contributed by atoms with E-state index in [1.807, 2.05) is 46.8 Å². The van der Waals surface area contributed by atoms with Gasteiger partial charge in [0.25, 0.3) is 5.91 Å². The Morgan fingerprint density at radius 3 is 2.69 bits per heavy atom. The summed E-state index contributed by atoms with van der Waals surface area (Å²) in [4.78, 5) is 28.1. The van der Waals surface area contributed by atoms with Gasteiger partial charge in [0.2, 0.25) is 0 Å². The molecule has 0 saturated carbocycles. The van der Waals surface area contributed by atoms with Crippen molar-refractivity contribution in [1.82, 2.24) is 21.1 Å². The van der Waals surface area contributed by atoms with E-state index in [2.05, 4.69) is 34.2 Å². The van der Waals surface area contributed by atoms with Crippen LogP contribution in [0.3, 0.4) is 0 Å². The van der Waals surface area contributed by atoms with Gasteiger partial charge >= 0.3 is 6.09 Å². The van der Waals surface area contributed by atoms with Gasteiger partial charge in [-0.15, -0.1) is 0 Å². The Morgan fingerprint density at radius 2 is 2.00 bits per heavy atom. The van der Waals surface area contributed by atoms with Crippen molar-refractivity contribution in [3.63, 3.8) is 0 Å². The van der Waals surface area contributed by atoms with Gasteiger partial charge in [0.15, 0.2) is 11.5 Å². The number of likely N-dealkylation sites (tertiary alicyclic amines) is 1. The van der Waals surface area contributed by atoms with E-state index < -0.39 is 24.3 Å². The van der Waals surface area contributed by atoms with E-state index in [0.29, 0.717) is 17.5 Å². The maximum atomic E-state index is 13.0. The first-order chi connectivity index (χ1) is 16.9. The van der Waals surface area contributed by atoms with Gasteiger partial charge in [-0.1, -0.05) is 32.1 Å². The molecule has 2 heterocycles. The third-order valence-corrected chi connectivity index (χ3v) is 8.12. The number of carbonyl (C=O) groups excluding carboxylic acids is 2. The molecule has 0 aromatic heterocycles. The SMILES string of the molecule is CC(C)C(NC(=O)Oc1ccc2c3c1O[C@H]1[C@@H](O)C=CC4C(C2)N(C)CC[C@@]341)C(=O)NNC(C)(C)C. The summed E-state index contributed by atoms with van der Waals surface area (Å²) in [6.45, 7) is 10.4. The van der Waals surface area contributed by atoms with Crippen molar-refractivity contribution < 1.29 is 24.2 Å². The molecule has 2 aliphatic carbocycles. The Bertz CT molecular complexity index is 1100. The molecule has 1 spiro atoms. The number of nitrogens with one attached hydrogen (secondary N) is 3. The van der Waals surface area contributed by atoms with Crippen LogP contribution in [0.1, 0.15) is 52.2 Å². The maximum Gasteiger partial charge on any atom is 0.413 e. The van der Waals surface area contributed by atoms with Crippen LogP contribution in [-0.4, -0.2) is 65.4 Å². The first-order valence-corrected chi connectivity index (χ1v) is 12.9. The predicted molar refractivity (Wildman–Crippen MR) is 135 cm³/mol. The van der Waals surface area contributed by atoms with Crippen LogP contribution in [0.5, 0.6) is 11.5 Å². The second-order valence-corrected chi connectivity index (χ2v) is 12.0. The molecule has 1 saturated heterocycles. The smallest absolute Gasteiger partial charge is 0.413 e. The lowest BCUT2D eigenvalue weighted by Gasteiger charge is -2.56. The van der Waals surface area contributed by atoms with Gasteiger partial charge in [0, 0.05) is 28.5 Å². The summed E-state index contributed by atoms with van der Waals surface area (Å²) in [5.74, 6) is 0.584. The fourth-order valence-corrected chi connectivity index (χ4v) is 6.43. The Morgan fingerprint density at radius 1 is 1.25 bits per heavy atom. The molecule has 6 atom stereocenters. The Labute approximate surface area is 212 Å². The number of amides is 2. The number of ether oxygens (including phenoxy) is 2. The zero-order chi connectivity index (χ0) is 26.0. The van der Waals surface area contributed by atoms with Crippen LogP contribution in [0.25, 0.3) is 0 Å². The van der Waals surface area contributed by atoms with Gasteiger partial charge in [-0.25, -0.2) is 10.2 Å². The zero-order valence-corrected chi connectivity index (χ0v) is 21.9. The monoisotopic (exact) mass is 498 g/mol. The molecule has 5 rings (SSSR count). The van der Waals surface area contributed by atoms with Crippen molar-refractivity contribution in [2.75, 3.05) is 13.6 Å². The molecule has 1 fully saturated rings. The average Bonchev–Trinajstić information content (AvgIpc) is 3.16. The second kappa shape index (κ2) is 8.75. The average molecular weight is 499 g/mol. The summed E-state index contributed by atoms with van der Waals surface area (Å²) < 4.78 is 12.2. The highest BCUT2D eigenvalue weighted by atomic mass is 16.6. The number of hydrogen-bond donors (Lipinski definition) is 4. The topological polar surface area (TPSA) is 112 Å². The van der Waals surface area contributed by atoms with Crippen molar-refractivity contribution in [1.29, 1.82) is 0 Å². The first kappa shape index (κ1) is 25.0. The largest absolute Gasteiger partial charge is 0.482 e. The van der Waals surface area contributed by atoms with Gasteiger partial charge in [0.1, 0.15) is 18.2 Å². The molecule has 9 nitrogen and oxygen atoms in total. The van der Waals surface area contributed by atoms with Crippen molar-refractivity contribution >= 4 is 12.0 Å². The number of likely N-dealkylation sites (N-methyl/N-ethyl adjacent to an activating group) is 1. The zero-order valence-electron chi connectivity index (χ0n) is 21.9. The van der Waals surface area contributed by atoms with Crippen LogP contribution in [0.2, 0.25) is 0 Å². The van der Waals surface area contributed by atoms with E-state index in [1.165, 1.54) is 5.56 Å². The Kier molecular flexibility index (Phi) is 6.08. The van der Waals surface area contributed by atoms with Crippen molar-refractivity contribution in [2.45, 2.75) is 82.7 Å². The van der Waals surface area contributed by atoms with Crippen LogP contribution < -0.4 is 25.6 Å². The molecule has 9 heteroatoms. The fourth-order valence-electron chi connectivity index (χ4n) is 6.43. The molecule has 4 aliphatic rings. The van der Waals surface area contributed by atoms with E-state index >= 15 is 0 Å². The van der Waals surface area contributed by atoms with Crippen LogP contribution in [0.4, 0.5) is 4.79 Å². The van der Waals surface area contributed by atoms with E-state index in [-0.39, 0.29) is 28.7 Å². The third kappa shape index (κ3) is 3.97. The lowest BCUT2D eigenvalue weighted by Crippen LogP contribution is -2.64. The highest BCUT2D eigenvalue weighted by molar-refractivity contribution is 5.86. The van der Waals surface area contributed by atoms with Crippen LogP contribution in [0, 0.1) is 11.8 Å². The lowest BCUT2D eigenvalue weighted by molar-refractivity contribution is -0.125. The van der Waals surface area contributed by atoms with E-state index in [4.69, 9.17) is 9.47 Å². The summed E-state index contributed by atoms with van der Waals surface area (Å²) in [6, 6.07) is 3.34. The number of hydrazine groups is 1. The van der Waals surface area contributed by atoms with Gasteiger partial charge in [-0.3, -0.25) is 10.2 Å². The molecule has 196 valence electrons. The van der Waals surface area contributed by atoms with Gasteiger partial charge in [-0.2, -0.15) is 0 Å². The summed E-state index contributed by atoms with van der Waals surface area (Å²) in [7, 11) is 2.16. The summed E-state index contributed by atoms with van der Waals surface area (Å²) in [5, 5.41) is 13.6. The Hall–Kier alpha value is -2.62. The lowest BCUT2D eigenvalue weighted by atomic mass is 9.53. The summed E-state index contributed by atoms with van der Waals surface area (Å²) >= 11 is 0. The number of aliphatic hydroxyl groups is 1. The third-order valence-electron chi connectivity index (χ3n) is 8.12. The molecular weight excluding hydrogens is 460 g/mol. The highest BCUT2D eigenvalue weighted by Gasteiger charge is 2.64. The number of carbonyl (C=O) groups is 2. The number of nitrogens with zero attached hydrogens (tertiary/aromatic N) is 1. The minimum Gasteiger partial charge on any atom is -0.482 e. The van der Waals surface area contributed by atoms with E-state index in [9.17, 15) is 14.7 Å². The normalized spacial score (nSPS) is 30.9. The minimum absolute atomic E-state index is 0.158. The number of rotatable bonds is 5. The molecule has 2 bridgehead atoms. The Balaban J connectivity index is 1.40. The fraction of sp³-hybridized carbons (Fsp3) is 0.630. The second-order valence-electron chi connectivity index (χ2n) is 12.0. The standard InChI is InChI=1S/C27H38N4O5/c1-14(2)21(24(33)29-30-26(3,4)5)28-25(34)35-19-10-7-15-13-17-16-8-9-18(32)23-27(16,11-12-31(17)6)20(15)22(19)36-23/h7-10,14,16-18,21,23,30,32H,11-13H2,1-6H3,(H,28,34)(H,29,33)/t16?,17?,18-,21?,23-,27-/m0/s1. The maximum absolute atomic E-state index is 13.0. The molecule has 2 aliphatic heterocycles. The van der Waals surface area contributed by atoms with Crippen molar-refractivity contribution in [3.8, 4) is 11.5 Å². The molecule has 3 unspecified atom stereocenters. The summed E-state index contributed by atoms with van der Waals surface area (Å²) in [6.07, 6.45) is 3.88.